The van der Waals surface area contributed by atoms with Crippen LogP contribution in [0, 0.1) is 0 Å². The standard InChI is InChI=1S/C16H12N4O3/c1-19-15(23)10-4-2-3-5-11(10)20-14(17-18-16(19)20)9-6-7-12(21)13(22)8-9/h2-8,21-22H,1H3. The van der Waals surface area contributed by atoms with Crippen LogP contribution in [-0.2, 0) is 7.05 Å². The van der Waals surface area contributed by atoms with E-state index in [1.807, 2.05) is 12.1 Å². The number of nitrogens with zero attached hydrogens (tertiary/aromatic N) is 4. The number of para-hydroxylation sites is 1. The van der Waals surface area contributed by atoms with Crippen molar-refractivity contribution in [3.63, 3.8) is 0 Å². The van der Waals surface area contributed by atoms with E-state index in [0.29, 0.717) is 28.1 Å². The van der Waals surface area contributed by atoms with Crippen LogP contribution in [0.25, 0.3) is 28.1 Å². The fraction of sp³-hybridized carbons (Fsp3) is 0.0625. The Labute approximate surface area is 129 Å². The Balaban J connectivity index is 2.17. The molecule has 4 aromatic rings. The van der Waals surface area contributed by atoms with Gasteiger partial charge >= 0.3 is 0 Å². The van der Waals surface area contributed by atoms with E-state index in [1.54, 1.807) is 29.6 Å². The number of aryl methyl sites for hydroxylation is 1. The van der Waals surface area contributed by atoms with Crippen LogP contribution in [0.1, 0.15) is 0 Å². The minimum Gasteiger partial charge on any atom is -0.504 e. The summed E-state index contributed by atoms with van der Waals surface area (Å²) in [6.45, 7) is 0. The number of rotatable bonds is 1. The van der Waals surface area contributed by atoms with E-state index in [0.717, 1.165) is 0 Å². The van der Waals surface area contributed by atoms with Crippen LogP contribution >= 0.6 is 0 Å². The highest BCUT2D eigenvalue weighted by molar-refractivity contribution is 5.82. The second kappa shape index (κ2) is 4.57. The molecule has 114 valence electrons. The number of aromatic nitrogens is 4. The second-order valence-corrected chi connectivity index (χ2v) is 5.24. The number of hydrogen-bond donors (Lipinski definition) is 2. The number of aromatic hydroxyl groups is 2. The van der Waals surface area contributed by atoms with Crippen LogP contribution in [0.5, 0.6) is 11.5 Å². The van der Waals surface area contributed by atoms with Crippen molar-refractivity contribution in [2.45, 2.75) is 0 Å². The summed E-state index contributed by atoms with van der Waals surface area (Å²) in [6, 6.07) is 11.6. The van der Waals surface area contributed by atoms with Gasteiger partial charge in [-0.3, -0.25) is 13.8 Å². The summed E-state index contributed by atoms with van der Waals surface area (Å²) in [5.41, 5.74) is 1.11. The van der Waals surface area contributed by atoms with Crippen molar-refractivity contribution in [2.75, 3.05) is 0 Å². The molecule has 0 saturated heterocycles. The third kappa shape index (κ3) is 1.80. The molecule has 7 heteroatoms. The zero-order valence-corrected chi connectivity index (χ0v) is 12.1. The molecule has 4 rings (SSSR count). The van der Waals surface area contributed by atoms with Crippen LogP contribution in [0.3, 0.4) is 0 Å². The number of fused-ring (bicyclic) bond motifs is 3. The van der Waals surface area contributed by atoms with Gasteiger partial charge in [-0.2, -0.15) is 0 Å². The molecular weight excluding hydrogens is 296 g/mol. The van der Waals surface area contributed by atoms with Gasteiger partial charge in [0.1, 0.15) is 0 Å². The van der Waals surface area contributed by atoms with Crippen LogP contribution in [0.15, 0.2) is 47.3 Å². The molecule has 0 fully saturated rings. The first kappa shape index (κ1) is 13.3. The molecule has 0 bridgehead atoms. The largest absolute Gasteiger partial charge is 0.504 e. The summed E-state index contributed by atoms with van der Waals surface area (Å²) in [5, 5.41) is 28.0. The van der Waals surface area contributed by atoms with Gasteiger partial charge in [-0.05, 0) is 30.3 Å². The van der Waals surface area contributed by atoms with Gasteiger partial charge in [-0.15, -0.1) is 10.2 Å². The lowest BCUT2D eigenvalue weighted by Crippen LogP contribution is -2.20. The third-order valence-electron chi connectivity index (χ3n) is 3.86. The third-order valence-corrected chi connectivity index (χ3v) is 3.86. The summed E-state index contributed by atoms with van der Waals surface area (Å²) in [7, 11) is 1.64. The average Bonchev–Trinajstić information content (AvgIpc) is 3.00. The van der Waals surface area contributed by atoms with Crippen molar-refractivity contribution < 1.29 is 10.2 Å². The predicted octanol–water partition coefficient (Wildman–Crippen LogP) is 1.66. The summed E-state index contributed by atoms with van der Waals surface area (Å²) in [5.74, 6) is 0.423. The minimum atomic E-state index is -0.242. The molecule has 2 heterocycles. The van der Waals surface area contributed by atoms with E-state index in [2.05, 4.69) is 10.2 Å². The topological polar surface area (TPSA) is 92.7 Å². The van der Waals surface area contributed by atoms with Gasteiger partial charge in [0, 0.05) is 12.6 Å². The Hall–Kier alpha value is -3.35. The van der Waals surface area contributed by atoms with Crippen LogP contribution in [0.2, 0.25) is 0 Å². The first-order valence-corrected chi connectivity index (χ1v) is 6.93. The number of benzene rings is 2. The molecule has 0 amide bonds. The van der Waals surface area contributed by atoms with Crippen molar-refractivity contribution in [3.8, 4) is 22.9 Å². The highest BCUT2D eigenvalue weighted by Gasteiger charge is 2.16. The highest BCUT2D eigenvalue weighted by atomic mass is 16.3. The van der Waals surface area contributed by atoms with E-state index < -0.39 is 0 Å². The molecule has 0 radical (unpaired) electrons. The van der Waals surface area contributed by atoms with Gasteiger partial charge in [0.15, 0.2) is 17.3 Å². The zero-order chi connectivity index (χ0) is 16.1. The van der Waals surface area contributed by atoms with Crippen LogP contribution in [-0.4, -0.2) is 29.4 Å². The quantitative estimate of drug-likeness (QED) is 0.522. The molecule has 0 atom stereocenters. The molecule has 2 aromatic carbocycles. The van der Waals surface area contributed by atoms with Crippen LogP contribution in [0.4, 0.5) is 0 Å². The monoisotopic (exact) mass is 308 g/mol. The van der Waals surface area contributed by atoms with Crippen molar-refractivity contribution in [1.29, 1.82) is 0 Å². The Bertz CT molecular complexity index is 1130. The summed E-state index contributed by atoms with van der Waals surface area (Å²) >= 11 is 0. The molecule has 0 aliphatic heterocycles. The zero-order valence-electron chi connectivity index (χ0n) is 12.1. The summed E-state index contributed by atoms with van der Waals surface area (Å²) < 4.78 is 3.18. The maximum atomic E-state index is 12.4. The van der Waals surface area contributed by atoms with Crippen LogP contribution < -0.4 is 5.56 Å². The molecule has 2 aromatic heterocycles. The molecule has 0 unspecified atom stereocenters. The van der Waals surface area contributed by atoms with Gasteiger partial charge in [0.05, 0.1) is 10.9 Å². The molecule has 0 aliphatic rings. The molecule has 23 heavy (non-hydrogen) atoms. The summed E-state index contributed by atoms with van der Waals surface area (Å²) in [6.07, 6.45) is 0. The molecule has 0 spiro atoms. The molecule has 0 aliphatic carbocycles. The first-order chi connectivity index (χ1) is 11.1. The Morgan fingerprint density at radius 1 is 1.00 bits per heavy atom. The van der Waals surface area contributed by atoms with E-state index >= 15 is 0 Å². The predicted molar refractivity (Wildman–Crippen MR) is 84.5 cm³/mol. The van der Waals surface area contributed by atoms with Crippen molar-refractivity contribution in [3.05, 3.63) is 52.8 Å². The van der Waals surface area contributed by atoms with E-state index in [4.69, 9.17) is 0 Å². The first-order valence-electron chi connectivity index (χ1n) is 6.93. The lowest BCUT2D eigenvalue weighted by molar-refractivity contribution is 0.404. The van der Waals surface area contributed by atoms with E-state index in [1.165, 1.54) is 16.7 Å². The molecule has 7 nitrogen and oxygen atoms in total. The van der Waals surface area contributed by atoms with Gasteiger partial charge in [-0.25, -0.2) is 0 Å². The van der Waals surface area contributed by atoms with Gasteiger partial charge in [-0.1, -0.05) is 12.1 Å². The highest BCUT2D eigenvalue weighted by Crippen LogP contribution is 2.30. The van der Waals surface area contributed by atoms with Crippen molar-refractivity contribution in [1.82, 2.24) is 19.2 Å². The number of phenols is 2. The maximum Gasteiger partial charge on any atom is 0.262 e. The number of hydrogen-bond acceptors (Lipinski definition) is 5. The van der Waals surface area contributed by atoms with E-state index in [9.17, 15) is 15.0 Å². The van der Waals surface area contributed by atoms with Crippen molar-refractivity contribution >= 4 is 16.7 Å². The number of phenolic OH excluding ortho intramolecular Hbond substituents is 2. The second-order valence-electron chi connectivity index (χ2n) is 5.24. The molecule has 2 N–H and O–H groups in total. The van der Waals surface area contributed by atoms with Crippen molar-refractivity contribution in [2.24, 2.45) is 7.05 Å². The lowest BCUT2D eigenvalue weighted by Gasteiger charge is -2.08. The summed E-state index contributed by atoms with van der Waals surface area (Å²) in [4.78, 5) is 12.4. The van der Waals surface area contributed by atoms with Gasteiger partial charge in [0.2, 0.25) is 5.78 Å². The van der Waals surface area contributed by atoms with E-state index in [-0.39, 0.29) is 17.1 Å². The lowest BCUT2D eigenvalue weighted by atomic mass is 10.2. The Kier molecular flexibility index (Phi) is 2.65. The fourth-order valence-corrected chi connectivity index (χ4v) is 2.69. The Morgan fingerprint density at radius 2 is 1.78 bits per heavy atom. The molecule has 0 saturated carbocycles. The fourth-order valence-electron chi connectivity index (χ4n) is 2.69. The normalized spacial score (nSPS) is 11.3. The van der Waals surface area contributed by atoms with Gasteiger partial charge < -0.3 is 10.2 Å². The van der Waals surface area contributed by atoms with Gasteiger partial charge in [0.25, 0.3) is 5.56 Å². The minimum absolute atomic E-state index is 0.152. The SMILES string of the molecule is Cn1c(=O)c2ccccc2n2c(-c3ccc(O)c(O)c3)nnc12. The molecular formula is C16H12N4O3. The average molecular weight is 308 g/mol. The maximum absolute atomic E-state index is 12.4. The Morgan fingerprint density at radius 3 is 2.57 bits per heavy atom. The smallest absolute Gasteiger partial charge is 0.262 e.